The normalized spacial score (nSPS) is 18.5. The van der Waals surface area contributed by atoms with Crippen LogP contribution in [-0.2, 0) is 17.5 Å². The average molecular weight is 369 g/mol. The van der Waals surface area contributed by atoms with Gasteiger partial charge in [0.1, 0.15) is 5.01 Å². The molecule has 3 rings (SSSR count). The molecule has 134 valence electrons. The molecule has 1 amide bonds. The number of likely N-dealkylation sites (tertiary alicyclic amines) is 1. The number of thiazole rings is 1. The van der Waals surface area contributed by atoms with E-state index < -0.39 is 11.7 Å². The lowest BCUT2D eigenvalue weighted by atomic mass is 10.1. The highest BCUT2D eigenvalue weighted by molar-refractivity contribution is 7.13. The van der Waals surface area contributed by atoms with Crippen LogP contribution in [0, 0.1) is 5.92 Å². The van der Waals surface area contributed by atoms with Gasteiger partial charge in [-0.1, -0.05) is 12.1 Å². The van der Waals surface area contributed by atoms with Crippen LogP contribution in [0.3, 0.4) is 0 Å². The number of hydrogen-bond donors (Lipinski definition) is 1. The maximum absolute atomic E-state index is 12.6. The number of amides is 1. The van der Waals surface area contributed by atoms with Crippen LogP contribution >= 0.6 is 11.3 Å². The summed E-state index contributed by atoms with van der Waals surface area (Å²) in [4.78, 5) is 18.4. The maximum Gasteiger partial charge on any atom is 0.416 e. The molecule has 2 heterocycles. The van der Waals surface area contributed by atoms with Gasteiger partial charge in [0.05, 0.1) is 17.2 Å². The van der Waals surface area contributed by atoms with Crippen LogP contribution in [0.1, 0.15) is 17.7 Å². The summed E-state index contributed by atoms with van der Waals surface area (Å²) in [5, 5.41) is 5.29. The van der Waals surface area contributed by atoms with Crippen LogP contribution in [-0.4, -0.2) is 35.9 Å². The summed E-state index contributed by atoms with van der Waals surface area (Å²) in [5.41, 5.74) is 0.886. The Balaban J connectivity index is 1.64. The fourth-order valence-corrected chi connectivity index (χ4v) is 3.75. The number of rotatable bonds is 4. The molecule has 2 aromatic rings. The Morgan fingerprint density at radius 2 is 2.08 bits per heavy atom. The Kier molecular flexibility index (Phi) is 5.10. The first kappa shape index (κ1) is 17.9. The first-order valence-corrected chi connectivity index (χ1v) is 8.81. The van der Waals surface area contributed by atoms with Crippen LogP contribution in [0.25, 0.3) is 10.6 Å². The third kappa shape index (κ3) is 4.19. The van der Waals surface area contributed by atoms with Crippen molar-refractivity contribution in [3.8, 4) is 10.6 Å². The van der Waals surface area contributed by atoms with Crippen molar-refractivity contribution in [2.45, 2.75) is 19.1 Å². The van der Waals surface area contributed by atoms with Gasteiger partial charge in [0.15, 0.2) is 0 Å². The molecule has 4 nitrogen and oxygen atoms in total. The molecule has 1 aliphatic heterocycles. The van der Waals surface area contributed by atoms with Crippen molar-refractivity contribution in [3.05, 3.63) is 40.9 Å². The van der Waals surface area contributed by atoms with E-state index in [0.717, 1.165) is 30.8 Å². The zero-order chi connectivity index (χ0) is 18.0. The predicted molar refractivity (Wildman–Crippen MR) is 90.0 cm³/mol. The summed E-state index contributed by atoms with van der Waals surface area (Å²) in [6.45, 7) is 2.18. The fourth-order valence-electron chi connectivity index (χ4n) is 2.94. The number of nitrogens with zero attached hydrogens (tertiary/aromatic N) is 2. The molecule has 0 aliphatic carbocycles. The van der Waals surface area contributed by atoms with E-state index in [1.165, 1.54) is 23.5 Å². The predicted octanol–water partition coefficient (Wildman–Crippen LogP) is 3.40. The van der Waals surface area contributed by atoms with Gasteiger partial charge < -0.3 is 5.32 Å². The SMILES string of the molecule is CNC(=O)[C@@H]1CCN(Cc2csc(-c3ccc(C(F)(F)F)cc3)n2)C1. The number of halogens is 3. The molecule has 0 unspecified atom stereocenters. The standard InChI is InChI=1S/C17H18F3N3OS/c1-21-15(24)12-6-7-23(8-12)9-14-10-25-16(22-14)11-2-4-13(5-3-11)17(18,19)20/h2-5,10,12H,6-9H2,1H3,(H,21,24)/t12-/m1/s1. The lowest BCUT2D eigenvalue weighted by Crippen LogP contribution is -2.30. The zero-order valence-corrected chi connectivity index (χ0v) is 14.5. The van der Waals surface area contributed by atoms with Crippen LogP contribution < -0.4 is 5.32 Å². The summed E-state index contributed by atoms with van der Waals surface area (Å²) in [7, 11) is 1.64. The number of nitrogens with one attached hydrogen (secondary N) is 1. The summed E-state index contributed by atoms with van der Waals surface area (Å²) in [6, 6.07) is 5.04. The topological polar surface area (TPSA) is 45.2 Å². The van der Waals surface area contributed by atoms with E-state index >= 15 is 0 Å². The lowest BCUT2D eigenvalue weighted by Gasteiger charge is -2.13. The molecule has 1 aromatic carbocycles. The summed E-state index contributed by atoms with van der Waals surface area (Å²) < 4.78 is 37.9. The minimum absolute atomic E-state index is 0.0121. The van der Waals surface area contributed by atoms with Crippen LogP contribution in [0.4, 0.5) is 13.2 Å². The van der Waals surface area contributed by atoms with Gasteiger partial charge in [-0.05, 0) is 25.1 Å². The van der Waals surface area contributed by atoms with Crippen molar-refractivity contribution in [1.82, 2.24) is 15.2 Å². The number of hydrogen-bond acceptors (Lipinski definition) is 4. The average Bonchev–Trinajstić information content (AvgIpc) is 3.23. The third-order valence-electron chi connectivity index (χ3n) is 4.29. The van der Waals surface area contributed by atoms with Crippen molar-refractivity contribution in [1.29, 1.82) is 0 Å². The quantitative estimate of drug-likeness (QED) is 0.899. The molecule has 25 heavy (non-hydrogen) atoms. The zero-order valence-electron chi connectivity index (χ0n) is 13.6. The highest BCUT2D eigenvalue weighted by Crippen LogP contribution is 2.32. The molecule has 1 fully saturated rings. The molecule has 0 radical (unpaired) electrons. The molecular weight excluding hydrogens is 351 g/mol. The van der Waals surface area contributed by atoms with Gasteiger partial charge in [-0.15, -0.1) is 11.3 Å². The number of alkyl halides is 3. The molecule has 1 aromatic heterocycles. The second kappa shape index (κ2) is 7.13. The van der Waals surface area contributed by atoms with Gasteiger partial charge in [0, 0.05) is 31.1 Å². The molecule has 1 atom stereocenters. The number of aromatic nitrogens is 1. The second-order valence-corrected chi connectivity index (χ2v) is 6.91. The van der Waals surface area contributed by atoms with E-state index in [-0.39, 0.29) is 11.8 Å². The smallest absolute Gasteiger partial charge is 0.359 e. The molecule has 0 bridgehead atoms. The molecule has 0 spiro atoms. The van der Waals surface area contributed by atoms with E-state index in [4.69, 9.17) is 0 Å². The van der Waals surface area contributed by atoms with Crippen LogP contribution in [0.5, 0.6) is 0 Å². The highest BCUT2D eigenvalue weighted by Gasteiger charge is 2.30. The van der Waals surface area contributed by atoms with Crippen molar-refractivity contribution >= 4 is 17.2 Å². The molecular formula is C17H18F3N3OS. The Bertz CT molecular complexity index is 742. The van der Waals surface area contributed by atoms with Crippen molar-refractivity contribution in [3.63, 3.8) is 0 Å². The van der Waals surface area contributed by atoms with Gasteiger partial charge in [-0.25, -0.2) is 4.98 Å². The monoisotopic (exact) mass is 369 g/mol. The van der Waals surface area contributed by atoms with E-state index in [9.17, 15) is 18.0 Å². The molecule has 8 heteroatoms. The summed E-state index contributed by atoms with van der Waals surface area (Å²) >= 11 is 1.41. The maximum atomic E-state index is 12.6. The molecule has 1 aliphatic rings. The number of benzene rings is 1. The molecule has 0 saturated carbocycles. The van der Waals surface area contributed by atoms with Gasteiger partial charge >= 0.3 is 6.18 Å². The summed E-state index contributed by atoms with van der Waals surface area (Å²) in [5.74, 6) is 0.0734. The Morgan fingerprint density at radius 3 is 2.72 bits per heavy atom. The summed E-state index contributed by atoms with van der Waals surface area (Å²) in [6.07, 6.45) is -3.50. The number of carbonyl (C=O) groups excluding carboxylic acids is 1. The minimum Gasteiger partial charge on any atom is -0.359 e. The Labute approximate surface area is 147 Å². The van der Waals surface area contributed by atoms with Gasteiger partial charge in [-0.3, -0.25) is 9.69 Å². The van der Waals surface area contributed by atoms with Gasteiger partial charge in [-0.2, -0.15) is 13.2 Å². The van der Waals surface area contributed by atoms with Crippen molar-refractivity contribution in [2.75, 3.05) is 20.1 Å². The Hall–Kier alpha value is -1.93. The van der Waals surface area contributed by atoms with Gasteiger partial charge in [0.25, 0.3) is 0 Å². The second-order valence-electron chi connectivity index (χ2n) is 6.05. The van der Waals surface area contributed by atoms with E-state index in [1.807, 2.05) is 5.38 Å². The van der Waals surface area contributed by atoms with E-state index in [1.54, 1.807) is 7.05 Å². The minimum atomic E-state index is -4.33. The first-order valence-electron chi connectivity index (χ1n) is 7.93. The van der Waals surface area contributed by atoms with E-state index in [2.05, 4.69) is 15.2 Å². The fraction of sp³-hybridized carbons (Fsp3) is 0.412. The highest BCUT2D eigenvalue weighted by atomic mass is 32.1. The largest absolute Gasteiger partial charge is 0.416 e. The Morgan fingerprint density at radius 1 is 1.36 bits per heavy atom. The van der Waals surface area contributed by atoms with Crippen molar-refractivity contribution < 1.29 is 18.0 Å². The van der Waals surface area contributed by atoms with Crippen LogP contribution in [0.15, 0.2) is 29.6 Å². The van der Waals surface area contributed by atoms with Gasteiger partial charge in [0.2, 0.25) is 5.91 Å². The molecule has 1 saturated heterocycles. The van der Waals surface area contributed by atoms with Crippen molar-refractivity contribution in [2.24, 2.45) is 5.92 Å². The molecule has 1 N–H and O–H groups in total. The third-order valence-corrected chi connectivity index (χ3v) is 5.23. The van der Waals surface area contributed by atoms with Crippen LogP contribution in [0.2, 0.25) is 0 Å². The lowest BCUT2D eigenvalue weighted by molar-refractivity contribution is -0.137. The van der Waals surface area contributed by atoms with E-state index in [0.29, 0.717) is 23.7 Å². The number of carbonyl (C=O) groups is 1. The first-order chi connectivity index (χ1) is 11.9.